The number of hydrogen-bond donors (Lipinski definition) is 0. The molecule has 2 heterocycles. The molecular weight excluding hydrogens is 405 g/mol. The van der Waals surface area contributed by atoms with Gasteiger partial charge in [-0.05, 0) is 12.3 Å². The van der Waals surface area contributed by atoms with Gasteiger partial charge in [-0.15, -0.1) is 0 Å². The molecule has 3 aromatic rings. The van der Waals surface area contributed by atoms with Gasteiger partial charge in [-0.3, -0.25) is 0 Å². The summed E-state index contributed by atoms with van der Waals surface area (Å²) in [5, 5.41) is 2.18. The van der Waals surface area contributed by atoms with Crippen LogP contribution in [0.4, 0.5) is 0 Å². The van der Waals surface area contributed by atoms with Crippen molar-refractivity contribution in [3.8, 4) is 22.6 Å². The van der Waals surface area contributed by atoms with Crippen molar-refractivity contribution >= 4 is 57.6 Å². The normalized spacial score (nSPS) is 11.0. The molecule has 0 fully saturated rings. The molecule has 0 amide bonds. The van der Waals surface area contributed by atoms with Gasteiger partial charge < -0.3 is 9.47 Å². The Kier molecular flexibility index (Phi) is 5.43. The van der Waals surface area contributed by atoms with Crippen molar-refractivity contribution in [2.45, 2.75) is 5.16 Å². The molecule has 3 rings (SSSR count). The first-order valence-electron chi connectivity index (χ1n) is 6.97. The molecule has 25 heavy (non-hydrogen) atoms. The molecule has 0 radical (unpaired) electrons. The van der Waals surface area contributed by atoms with Crippen LogP contribution in [-0.2, 0) is 0 Å². The third-order valence-corrected chi connectivity index (χ3v) is 5.13. The van der Waals surface area contributed by atoms with Crippen molar-refractivity contribution in [2.75, 3.05) is 20.5 Å². The number of fused-ring (bicyclic) bond motifs is 1. The zero-order valence-corrected chi connectivity index (χ0v) is 16.5. The van der Waals surface area contributed by atoms with Gasteiger partial charge in [0.25, 0.3) is 0 Å². The third kappa shape index (κ3) is 3.31. The van der Waals surface area contributed by atoms with Crippen molar-refractivity contribution in [2.24, 2.45) is 0 Å². The molecule has 0 aliphatic carbocycles. The molecule has 0 aliphatic heterocycles. The molecule has 0 saturated carbocycles. The highest BCUT2D eigenvalue weighted by molar-refractivity contribution is 7.98. The van der Waals surface area contributed by atoms with Crippen LogP contribution in [0, 0.1) is 0 Å². The number of rotatable bonds is 4. The van der Waals surface area contributed by atoms with Gasteiger partial charge in [0, 0.05) is 28.8 Å². The van der Waals surface area contributed by atoms with Crippen LogP contribution in [0.15, 0.2) is 23.5 Å². The summed E-state index contributed by atoms with van der Waals surface area (Å²) in [6.07, 6.45) is 3.57. The standard InChI is InChI=1S/C16H12Cl3N3O2S/c1-23-9-5-10(24-2)13(18)11(12(9)17)8-4-7-6-20-16(25-3)22-15(7)21-14(8)19/h4-6H,1-3H3. The van der Waals surface area contributed by atoms with Crippen molar-refractivity contribution in [3.63, 3.8) is 0 Å². The first-order chi connectivity index (χ1) is 12.0. The summed E-state index contributed by atoms with van der Waals surface area (Å²) in [6.45, 7) is 0. The average Bonchev–Trinajstić information content (AvgIpc) is 2.62. The van der Waals surface area contributed by atoms with Crippen molar-refractivity contribution in [1.29, 1.82) is 0 Å². The summed E-state index contributed by atoms with van der Waals surface area (Å²) < 4.78 is 10.6. The number of ether oxygens (including phenoxy) is 2. The van der Waals surface area contributed by atoms with Gasteiger partial charge in [0.2, 0.25) is 0 Å². The Labute approximate surface area is 163 Å². The molecule has 0 N–H and O–H groups in total. The summed E-state index contributed by atoms with van der Waals surface area (Å²) in [7, 11) is 3.02. The van der Waals surface area contributed by atoms with Crippen LogP contribution < -0.4 is 9.47 Å². The summed E-state index contributed by atoms with van der Waals surface area (Å²) in [5.74, 6) is 0.839. The molecule has 0 bridgehead atoms. The second-order valence-corrected chi connectivity index (χ2v) is 6.77. The van der Waals surface area contributed by atoms with E-state index in [9.17, 15) is 0 Å². The predicted molar refractivity (Wildman–Crippen MR) is 103 cm³/mol. The van der Waals surface area contributed by atoms with Crippen LogP contribution in [0.1, 0.15) is 0 Å². The van der Waals surface area contributed by atoms with Crippen LogP contribution in [-0.4, -0.2) is 35.4 Å². The SMILES string of the molecule is COc1cc(OC)c(Cl)c(-c2cc3cnc(SC)nc3nc2Cl)c1Cl. The van der Waals surface area contributed by atoms with E-state index in [4.69, 9.17) is 44.3 Å². The van der Waals surface area contributed by atoms with E-state index in [1.165, 1.54) is 26.0 Å². The Balaban J connectivity index is 2.31. The smallest absolute Gasteiger partial charge is 0.189 e. The highest BCUT2D eigenvalue weighted by Crippen LogP contribution is 2.47. The van der Waals surface area contributed by atoms with Gasteiger partial charge >= 0.3 is 0 Å². The summed E-state index contributed by atoms with van der Waals surface area (Å²) in [4.78, 5) is 13.0. The fourth-order valence-electron chi connectivity index (χ4n) is 2.32. The number of nitrogens with zero attached hydrogens (tertiary/aromatic N) is 3. The van der Waals surface area contributed by atoms with E-state index in [0.717, 1.165) is 0 Å². The van der Waals surface area contributed by atoms with Gasteiger partial charge in [-0.1, -0.05) is 46.6 Å². The zero-order chi connectivity index (χ0) is 18.1. The number of pyridine rings is 1. The lowest BCUT2D eigenvalue weighted by molar-refractivity contribution is 0.395. The lowest BCUT2D eigenvalue weighted by Crippen LogP contribution is -1.96. The maximum Gasteiger partial charge on any atom is 0.189 e. The van der Waals surface area contributed by atoms with E-state index < -0.39 is 0 Å². The average molecular weight is 417 g/mol. The number of halogens is 3. The Hall–Kier alpha value is -1.47. The third-order valence-electron chi connectivity index (χ3n) is 3.53. The molecule has 0 aliphatic rings. The summed E-state index contributed by atoms with van der Waals surface area (Å²) >= 11 is 20.7. The monoisotopic (exact) mass is 415 g/mol. The van der Waals surface area contributed by atoms with E-state index in [0.29, 0.717) is 48.9 Å². The number of aromatic nitrogens is 3. The van der Waals surface area contributed by atoms with Crippen LogP contribution >= 0.6 is 46.6 Å². The first-order valence-corrected chi connectivity index (χ1v) is 9.33. The highest BCUT2D eigenvalue weighted by atomic mass is 35.5. The first kappa shape index (κ1) is 18.3. The molecule has 1 aromatic carbocycles. The largest absolute Gasteiger partial charge is 0.495 e. The minimum atomic E-state index is 0.220. The van der Waals surface area contributed by atoms with E-state index in [1.807, 2.05) is 6.26 Å². The van der Waals surface area contributed by atoms with Crippen molar-refractivity contribution in [3.05, 3.63) is 33.5 Å². The fourth-order valence-corrected chi connectivity index (χ4v) is 3.59. The highest BCUT2D eigenvalue weighted by Gasteiger charge is 2.21. The van der Waals surface area contributed by atoms with E-state index >= 15 is 0 Å². The molecule has 5 nitrogen and oxygen atoms in total. The lowest BCUT2D eigenvalue weighted by atomic mass is 10.1. The maximum absolute atomic E-state index is 6.46. The predicted octanol–water partition coefficient (Wildman–Crippen LogP) is 5.39. The topological polar surface area (TPSA) is 57.1 Å². The molecule has 2 aromatic heterocycles. The van der Waals surface area contributed by atoms with Crippen LogP contribution in [0.5, 0.6) is 11.5 Å². The molecule has 0 saturated heterocycles. The number of hydrogen-bond acceptors (Lipinski definition) is 6. The Bertz CT molecular complexity index is 941. The second kappa shape index (κ2) is 7.41. The van der Waals surface area contributed by atoms with Crippen molar-refractivity contribution in [1.82, 2.24) is 15.0 Å². The van der Waals surface area contributed by atoms with Crippen molar-refractivity contribution < 1.29 is 9.47 Å². The van der Waals surface area contributed by atoms with Crippen LogP contribution in [0.2, 0.25) is 15.2 Å². The fraction of sp³-hybridized carbons (Fsp3) is 0.188. The maximum atomic E-state index is 6.46. The molecule has 9 heteroatoms. The number of methoxy groups -OCH3 is 2. The molecule has 130 valence electrons. The molecule has 0 unspecified atom stereocenters. The summed E-state index contributed by atoms with van der Waals surface area (Å²) in [6, 6.07) is 3.41. The van der Waals surface area contributed by atoms with Crippen LogP contribution in [0.25, 0.3) is 22.2 Å². The minimum Gasteiger partial charge on any atom is -0.495 e. The number of thioether (sulfide) groups is 1. The van der Waals surface area contributed by atoms with Gasteiger partial charge in [-0.2, -0.15) is 0 Å². The Morgan fingerprint density at radius 1 is 0.960 bits per heavy atom. The van der Waals surface area contributed by atoms with Gasteiger partial charge in [0.15, 0.2) is 10.8 Å². The lowest BCUT2D eigenvalue weighted by Gasteiger charge is -2.15. The molecule has 0 atom stereocenters. The second-order valence-electron chi connectivity index (χ2n) is 4.88. The molecular formula is C16H12Cl3N3O2S. The number of benzene rings is 1. The van der Waals surface area contributed by atoms with E-state index in [-0.39, 0.29) is 5.15 Å². The summed E-state index contributed by atoms with van der Waals surface area (Å²) in [5.41, 5.74) is 1.52. The van der Waals surface area contributed by atoms with Gasteiger partial charge in [-0.25, -0.2) is 15.0 Å². The Morgan fingerprint density at radius 3 is 2.16 bits per heavy atom. The Morgan fingerprint density at radius 2 is 1.60 bits per heavy atom. The van der Waals surface area contributed by atoms with E-state index in [2.05, 4.69) is 15.0 Å². The van der Waals surface area contributed by atoms with Gasteiger partial charge in [0.1, 0.15) is 16.7 Å². The van der Waals surface area contributed by atoms with Gasteiger partial charge in [0.05, 0.1) is 24.3 Å². The van der Waals surface area contributed by atoms with Crippen LogP contribution in [0.3, 0.4) is 0 Å². The van der Waals surface area contributed by atoms with E-state index in [1.54, 1.807) is 18.3 Å². The minimum absolute atomic E-state index is 0.220. The zero-order valence-electron chi connectivity index (χ0n) is 13.4. The quantitative estimate of drug-likeness (QED) is 0.323. The molecule has 0 spiro atoms.